The quantitative estimate of drug-likeness (QED) is 0.158. The number of thiophene rings is 1. The normalized spacial score (nSPS) is 11.5. The fourth-order valence-electron chi connectivity index (χ4n) is 7.82. The lowest BCUT2D eigenvalue weighted by molar-refractivity contribution is 1.30. The van der Waals surface area contributed by atoms with Crippen molar-refractivity contribution in [2.75, 3.05) is 4.90 Å². The van der Waals surface area contributed by atoms with Crippen LogP contribution < -0.4 is 4.90 Å². The topological polar surface area (TPSA) is 3.24 Å². The summed E-state index contributed by atoms with van der Waals surface area (Å²) < 4.78 is 2.62. The fraction of sp³-hybridized carbons (Fsp3) is 0. The van der Waals surface area contributed by atoms with Crippen molar-refractivity contribution in [3.8, 4) is 33.4 Å². The molecule has 52 heavy (non-hydrogen) atoms. The first-order chi connectivity index (χ1) is 25.8. The Bertz CT molecular complexity index is 2850. The summed E-state index contributed by atoms with van der Waals surface area (Å²) in [5, 5.41) is 7.53. The zero-order chi connectivity index (χ0) is 34.4. The Labute approximate surface area is 307 Å². The molecule has 1 aromatic heterocycles. The average molecular weight is 680 g/mol. The minimum Gasteiger partial charge on any atom is -0.309 e. The van der Waals surface area contributed by atoms with Crippen molar-refractivity contribution in [2.45, 2.75) is 0 Å². The molecule has 0 saturated carbocycles. The van der Waals surface area contributed by atoms with Gasteiger partial charge in [-0.25, -0.2) is 0 Å². The van der Waals surface area contributed by atoms with Gasteiger partial charge in [-0.1, -0.05) is 164 Å². The third-order valence-electron chi connectivity index (χ3n) is 10.2. The molecular weight excluding hydrogens is 647 g/mol. The minimum atomic E-state index is 1.11. The zero-order valence-corrected chi connectivity index (χ0v) is 29.2. The number of nitrogens with zero attached hydrogens (tertiary/aromatic N) is 1. The lowest BCUT2D eigenvalue weighted by atomic mass is 9.94. The molecule has 0 amide bonds. The maximum absolute atomic E-state index is 2.51. The number of rotatable bonds is 6. The third-order valence-corrected chi connectivity index (χ3v) is 11.4. The smallest absolute Gasteiger partial charge is 0.0546 e. The second kappa shape index (κ2) is 12.7. The second-order valence-electron chi connectivity index (χ2n) is 13.3. The predicted molar refractivity (Wildman–Crippen MR) is 225 cm³/mol. The monoisotopic (exact) mass is 679 g/mol. The molecule has 0 spiro atoms. The summed E-state index contributed by atoms with van der Waals surface area (Å²) in [6.07, 6.45) is 0. The van der Waals surface area contributed by atoms with Crippen molar-refractivity contribution in [3.63, 3.8) is 0 Å². The molecule has 0 aliphatic rings. The van der Waals surface area contributed by atoms with Crippen molar-refractivity contribution in [1.82, 2.24) is 0 Å². The summed E-state index contributed by atoms with van der Waals surface area (Å²) in [7, 11) is 0. The highest BCUT2D eigenvalue weighted by atomic mass is 32.1. The molecule has 0 aliphatic carbocycles. The van der Waals surface area contributed by atoms with Gasteiger partial charge in [-0.15, -0.1) is 11.3 Å². The van der Waals surface area contributed by atoms with E-state index in [1.807, 2.05) is 11.3 Å². The Kier molecular flexibility index (Phi) is 7.41. The molecule has 10 rings (SSSR count). The van der Waals surface area contributed by atoms with Gasteiger partial charge < -0.3 is 4.90 Å². The molecule has 0 saturated heterocycles. The molecule has 0 atom stereocenters. The molecule has 10 aromatic rings. The lowest BCUT2D eigenvalue weighted by Crippen LogP contribution is -2.12. The van der Waals surface area contributed by atoms with E-state index in [0.717, 1.165) is 17.1 Å². The van der Waals surface area contributed by atoms with Gasteiger partial charge in [-0.3, -0.25) is 0 Å². The van der Waals surface area contributed by atoms with Crippen LogP contribution in [0.3, 0.4) is 0 Å². The number of anilines is 3. The molecule has 244 valence electrons. The molecule has 0 bridgehead atoms. The highest BCUT2D eigenvalue weighted by Crippen LogP contribution is 2.49. The number of hydrogen-bond donors (Lipinski definition) is 0. The molecule has 0 fully saturated rings. The van der Waals surface area contributed by atoms with Gasteiger partial charge in [0.05, 0.1) is 11.4 Å². The molecular formula is C50H33NS. The maximum Gasteiger partial charge on any atom is 0.0546 e. The fourth-order valence-corrected chi connectivity index (χ4v) is 9.05. The van der Waals surface area contributed by atoms with Gasteiger partial charge in [0.25, 0.3) is 0 Å². The molecule has 0 aliphatic heterocycles. The van der Waals surface area contributed by atoms with Crippen LogP contribution in [0, 0.1) is 0 Å². The van der Waals surface area contributed by atoms with Crippen LogP contribution >= 0.6 is 11.3 Å². The molecule has 0 unspecified atom stereocenters. The Morgan fingerprint density at radius 1 is 0.327 bits per heavy atom. The van der Waals surface area contributed by atoms with E-state index in [4.69, 9.17) is 0 Å². The number of hydrogen-bond acceptors (Lipinski definition) is 2. The van der Waals surface area contributed by atoms with E-state index in [0.29, 0.717) is 0 Å². The maximum atomic E-state index is 2.51. The second-order valence-corrected chi connectivity index (χ2v) is 14.3. The summed E-state index contributed by atoms with van der Waals surface area (Å²) in [5.74, 6) is 0. The van der Waals surface area contributed by atoms with E-state index in [1.54, 1.807) is 0 Å². The summed E-state index contributed by atoms with van der Waals surface area (Å²) in [6, 6.07) is 73.1. The number of para-hydroxylation sites is 1. The zero-order valence-electron chi connectivity index (χ0n) is 28.4. The molecule has 1 nitrogen and oxygen atoms in total. The van der Waals surface area contributed by atoms with Gasteiger partial charge in [0.2, 0.25) is 0 Å². The largest absolute Gasteiger partial charge is 0.309 e. The van der Waals surface area contributed by atoms with Crippen LogP contribution in [0.5, 0.6) is 0 Å². The SMILES string of the molecule is c1ccc(-c2cc(-c3ccccc3)cc(N(c3ccccc3-c3cccc4c3sc3ccccc34)c3cc4ccccc4c4ccccc34)c2)cc1. The highest BCUT2D eigenvalue weighted by Gasteiger charge is 2.23. The third kappa shape index (κ3) is 5.16. The van der Waals surface area contributed by atoms with Crippen LogP contribution in [0.25, 0.3) is 75.1 Å². The van der Waals surface area contributed by atoms with E-state index >= 15 is 0 Å². The lowest BCUT2D eigenvalue weighted by Gasteiger charge is -2.30. The Hall–Kier alpha value is -6.48. The minimum absolute atomic E-state index is 1.11. The van der Waals surface area contributed by atoms with E-state index in [-0.39, 0.29) is 0 Å². The van der Waals surface area contributed by atoms with Crippen LogP contribution in [0.15, 0.2) is 200 Å². The number of fused-ring (bicyclic) bond motifs is 6. The first-order valence-corrected chi connectivity index (χ1v) is 18.6. The first kappa shape index (κ1) is 30.4. The standard InChI is InChI=1S/C50H33NS/c1-3-16-34(17-4-1)37-30-38(35-18-5-2-6-19-35)32-39(31-37)51(48-33-36-20-7-8-21-40(36)41-22-9-10-23-42(41)48)47-28-13-11-24-43(47)45-26-15-27-46-44-25-12-14-29-49(44)52-50(45)46/h1-33H. The Balaban J connectivity index is 1.31. The van der Waals surface area contributed by atoms with E-state index in [9.17, 15) is 0 Å². The van der Waals surface area contributed by atoms with E-state index < -0.39 is 0 Å². The molecule has 1 heterocycles. The van der Waals surface area contributed by atoms with Gasteiger partial charge in [-0.2, -0.15) is 0 Å². The summed E-state index contributed by atoms with van der Waals surface area (Å²) in [5.41, 5.74) is 10.6. The van der Waals surface area contributed by atoms with Crippen molar-refractivity contribution < 1.29 is 0 Å². The van der Waals surface area contributed by atoms with Crippen molar-refractivity contribution in [2.24, 2.45) is 0 Å². The molecule has 0 N–H and O–H groups in total. The van der Waals surface area contributed by atoms with Crippen LogP contribution in [-0.2, 0) is 0 Å². The number of benzene rings is 9. The summed E-state index contributed by atoms with van der Waals surface area (Å²) >= 11 is 1.88. The Morgan fingerprint density at radius 3 is 1.63 bits per heavy atom. The van der Waals surface area contributed by atoms with E-state index in [1.165, 1.54) is 75.1 Å². The van der Waals surface area contributed by atoms with Gasteiger partial charge in [0.1, 0.15) is 0 Å². The van der Waals surface area contributed by atoms with Crippen LogP contribution in [-0.4, -0.2) is 0 Å². The van der Waals surface area contributed by atoms with Gasteiger partial charge in [0.15, 0.2) is 0 Å². The van der Waals surface area contributed by atoms with Crippen LogP contribution in [0.1, 0.15) is 0 Å². The van der Waals surface area contributed by atoms with E-state index in [2.05, 4.69) is 205 Å². The highest BCUT2D eigenvalue weighted by molar-refractivity contribution is 7.26. The van der Waals surface area contributed by atoms with Crippen LogP contribution in [0.4, 0.5) is 17.1 Å². The predicted octanol–water partition coefficient (Wildman–Crippen LogP) is 14.8. The van der Waals surface area contributed by atoms with Crippen LogP contribution in [0.2, 0.25) is 0 Å². The summed E-state index contributed by atoms with van der Waals surface area (Å²) in [4.78, 5) is 2.51. The van der Waals surface area contributed by atoms with Gasteiger partial charge in [0, 0.05) is 42.4 Å². The average Bonchev–Trinajstić information content (AvgIpc) is 3.61. The first-order valence-electron chi connectivity index (χ1n) is 17.8. The van der Waals surface area contributed by atoms with Gasteiger partial charge in [-0.05, 0) is 74.8 Å². The Morgan fingerprint density at radius 2 is 0.885 bits per heavy atom. The van der Waals surface area contributed by atoms with Crippen molar-refractivity contribution in [1.29, 1.82) is 0 Å². The molecule has 9 aromatic carbocycles. The molecule has 2 heteroatoms. The van der Waals surface area contributed by atoms with Crippen molar-refractivity contribution in [3.05, 3.63) is 200 Å². The van der Waals surface area contributed by atoms with Crippen molar-refractivity contribution >= 4 is 70.1 Å². The molecule has 0 radical (unpaired) electrons. The van der Waals surface area contributed by atoms with Gasteiger partial charge >= 0.3 is 0 Å². The summed E-state index contributed by atoms with van der Waals surface area (Å²) in [6.45, 7) is 0.